The van der Waals surface area contributed by atoms with Crippen molar-refractivity contribution >= 4 is 37.5 Å². The third kappa shape index (κ3) is 2.75. The summed E-state index contributed by atoms with van der Waals surface area (Å²) in [5, 5.41) is -0.246. The van der Waals surface area contributed by atoms with Gasteiger partial charge in [0.2, 0.25) is 0 Å². The summed E-state index contributed by atoms with van der Waals surface area (Å²) in [5.74, 6) is 0. The lowest BCUT2D eigenvalue weighted by atomic mass is 10.3. The molecule has 10 heteroatoms. The summed E-state index contributed by atoms with van der Waals surface area (Å²) >= 11 is 5.68. The van der Waals surface area contributed by atoms with Crippen molar-refractivity contribution in [3.8, 4) is 0 Å². The third-order valence-electron chi connectivity index (χ3n) is 2.04. The van der Waals surface area contributed by atoms with Gasteiger partial charge in [0.25, 0.3) is 20.2 Å². The summed E-state index contributed by atoms with van der Waals surface area (Å²) in [6, 6.07) is 1.79. The molecule has 1 aromatic rings. The second-order valence-corrected chi connectivity index (χ2v) is 6.83. The van der Waals surface area contributed by atoms with E-state index in [-0.39, 0.29) is 10.7 Å². The lowest BCUT2D eigenvalue weighted by Gasteiger charge is -2.09. The van der Waals surface area contributed by atoms with E-state index in [0.29, 0.717) is 0 Å². The first-order chi connectivity index (χ1) is 8.15. The molecule has 102 valence electrons. The van der Waals surface area contributed by atoms with E-state index in [1.807, 2.05) is 0 Å². The van der Waals surface area contributed by atoms with E-state index in [4.69, 9.17) is 17.3 Å². The van der Waals surface area contributed by atoms with Crippen molar-refractivity contribution in [3.63, 3.8) is 0 Å². The molecule has 0 aliphatic rings. The second kappa shape index (κ2) is 5.02. The maximum Gasteiger partial charge on any atom is 0.298 e. The van der Waals surface area contributed by atoms with E-state index in [1.165, 1.54) is 0 Å². The minimum absolute atomic E-state index is 0.225. The van der Waals surface area contributed by atoms with Gasteiger partial charge in [-0.05, 0) is 12.1 Å². The molecule has 0 amide bonds. The molecule has 2 N–H and O–H groups in total. The number of halogens is 1. The Hall–Kier alpha value is -0.870. The highest BCUT2D eigenvalue weighted by Gasteiger charge is 2.25. The molecule has 0 spiro atoms. The molecule has 0 unspecified atom stereocenters. The minimum atomic E-state index is -4.14. The van der Waals surface area contributed by atoms with E-state index in [9.17, 15) is 16.8 Å². The molecule has 1 aromatic carbocycles. The molecule has 0 heterocycles. The van der Waals surface area contributed by atoms with Crippen LogP contribution in [-0.4, -0.2) is 31.1 Å². The zero-order valence-corrected chi connectivity index (χ0v) is 11.8. The van der Waals surface area contributed by atoms with Gasteiger partial charge in [-0.25, -0.2) is 0 Å². The molecule has 18 heavy (non-hydrogen) atoms. The Morgan fingerprint density at radius 2 is 1.44 bits per heavy atom. The Balaban J connectivity index is 3.66. The van der Waals surface area contributed by atoms with Crippen molar-refractivity contribution in [2.75, 3.05) is 20.0 Å². The van der Waals surface area contributed by atoms with Gasteiger partial charge in [0.15, 0.2) is 0 Å². The molecular formula is C8H10ClNO6S2. The van der Waals surface area contributed by atoms with Crippen LogP contribution in [0.15, 0.2) is 21.9 Å². The van der Waals surface area contributed by atoms with Crippen LogP contribution in [0.5, 0.6) is 0 Å². The van der Waals surface area contributed by atoms with Crippen molar-refractivity contribution in [1.82, 2.24) is 0 Å². The van der Waals surface area contributed by atoms with E-state index >= 15 is 0 Å². The second-order valence-electron chi connectivity index (χ2n) is 3.06. The molecule has 0 radical (unpaired) electrons. The lowest BCUT2D eigenvalue weighted by Crippen LogP contribution is -2.10. The van der Waals surface area contributed by atoms with Gasteiger partial charge in [0.1, 0.15) is 9.79 Å². The number of nitrogen functional groups attached to an aromatic ring is 1. The summed E-state index contributed by atoms with van der Waals surface area (Å²) in [4.78, 5) is -0.999. The maximum atomic E-state index is 11.5. The molecule has 0 aromatic heterocycles. The van der Waals surface area contributed by atoms with Gasteiger partial charge in [-0.2, -0.15) is 16.8 Å². The summed E-state index contributed by atoms with van der Waals surface area (Å²) < 4.78 is 54.6. The fraction of sp³-hybridized carbons (Fsp3) is 0.250. The third-order valence-corrected chi connectivity index (χ3v) is 5.11. The summed E-state index contributed by atoms with van der Waals surface area (Å²) in [7, 11) is -6.44. The molecule has 0 atom stereocenters. The molecule has 0 aliphatic carbocycles. The Bertz CT molecular complexity index is 612. The van der Waals surface area contributed by atoms with E-state index < -0.39 is 30.0 Å². The fourth-order valence-corrected chi connectivity index (χ4v) is 3.20. The average Bonchev–Trinajstić information content (AvgIpc) is 2.28. The van der Waals surface area contributed by atoms with Crippen molar-refractivity contribution in [1.29, 1.82) is 0 Å². The molecule has 0 fully saturated rings. The fourth-order valence-electron chi connectivity index (χ4n) is 1.14. The first kappa shape index (κ1) is 15.2. The van der Waals surface area contributed by atoms with Crippen LogP contribution >= 0.6 is 11.6 Å². The van der Waals surface area contributed by atoms with Crippen LogP contribution in [0.25, 0.3) is 0 Å². The average molecular weight is 316 g/mol. The zero-order valence-electron chi connectivity index (χ0n) is 9.38. The molecule has 0 bridgehead atoms. The van der Waals surface area contributed by atoms with Crippen LogP contribution in [0, 0.1) is 0 Å². The van der Waals surface area contributed by atoms with Crippen LogP contribution in [0.4, 0.5) is 5.69 Å². The van der Waals surface area contributed by atoms with Crippen LogP contribution < -0.4 is 5.73 Å². The van der Waals surface area contributed by atoms with Crippen LogP contribution in [0.3, 0.4) is 0 Å². The standard InChI is InChI=1S/C8H10ClNO6S2/c1-15-17(11,12)7-4-8(18(13,14)16-2)6(10)3-5(7)9/h3-4H,10H2,1-2H3. The van der Waals surface area contributed by atoms with Gasteiger partial charge in [0, 0.05) is 0 Å². The SMILES string of the molecule is COS(=O)(=O)c1cc(S(=O)(=O)OC)c(Cl)cc1N. The van der Waals surface area contributed by atoms with Crippen molar-refractivity contribution in [3.05, 3.63) is 17.2 Å². The molecule has 1 rings (SSSR count). The molecule has 0 saturated carbocycles. The number of benzene rings is 1. The molecule has 7 nitrogen and oxygen atoms in total. The lowest BCUT2D eigenvalue weighted by molar-refractivity contribution is 0.396. The first-order valence-corrected chi connectivity index (χ1v) is 7.55. The van der Waals surface area contributed by atoms with Gasteiger partial charge in [0.05, 0.1) is 24.9 Å². The van der Waals surface area contributed by atoms with Gasteiger partial charge in [-0.1, -0.05) is 11.6 Å². The Labute approximate surface area is 110 Å². The maximum absolute atomic E-state index is 11.5. The highest BCUT2D eigenvalue weighted by molar-refractivity contribution is 7.87. The minimum Gasteiger partial charge on any atom is -0.398 e. The molecular weight excluding hydrogens is 306 g/mol. The number of anilines is 1. The highest BCUT2D eigenvalue weighted by Crippen LogP contribution is 2.31. The smallest absolute Gasteiger partial charge is 0.298 e. The molecule has 0 aliphatic heterocycles. The van der Waals surface area contributed by atoms with Crippen molar-refractivity contribution < 1.29 is 25.2 Å². The van der Waals surface area contributed by atoms with E-state index in [2.05, 4.69) is 8.37 Å². The van der Waals surface area contributed by atoms with E-state index in [1.54, 1.807) is 0 Å². The predicted octanol–water partition coefficient (Wildman–Crippen LogP) is 0.592. The normalized spacial score (nSPS) is 12.6. The number of rotatable bonds is 4. The van der Waals surface area contributed by atoms with Gasteiger partial charge < -0.3 is 5.73 Å². The van der Waals surface area contributed by atoms with Crippen LogP contribution in [-0.2, 0) is 28.6 Å². The van der Waals surface area contributed by atoms with E-state index in [0.717, 1.165) is 26.4 Å². The first-order valence-electron chi connectivity index (χ1n) is 4.36. The molecule has 0 saturated heterocycles. The van der Waals surface area contributed by atoms with Gasteiger partial charge >= 0.3 is 0 Å². The van der Waals surface area contributed by atoms with Crippen molar-refractivity contribution in [2.45, 2.75) is 9.79 Å². The summed E-state index contributed by atoms with van der Waals surface area (Å²) in [6.07, 6.45) is 0. The Kier molecular flexibility index (Phi) is 4.23. The van der Waals surface area contributed by atoms with Crippen molar-refractivity contribution in [2.24, 2.45) is 0 Å². The summed E-state index contributed by atoms with van der Waals surface area (Å²) in [6.45, 7) is 0. The monoisotopic (exact) mass is 315 g/mol. The Morgan fingerprint density at radius 3 is 1.89 bits per heavy atom. The van der Waals surface area contributed by atoms with Crippen LogP contribution in [0.2, 0.25) is 5.02 Å². The van der Waals surface area contributed by atoms with Gasteiger partial charge in [-0.3, -0.25) is 8.37 Å². The Morgan fingerprint density at radius 1 is 1.00 bits per heavy atom. The highest BCUT2D eigenvalue weighted by atomic mass is 35.5. The largest absolute Gasteiger partial charge is 0.398 e. The predicted molar refractivity (Wildman–Crippen MR) is 64.3 cm³/mol. The number of hydrogen-bond acceptors (Lipinski definition) is 7. The van der Waals surface area contributed by atoms with Gasteiger partial charge in [-0.15, -0.1) is 0 Å². The quantitative estimate of drug-likeness (QED) is 0.639. The number of nitrogens with two attached hydrogens (primary N) is 1. The number of hydrogen-bond donors (Lipinski definition) is 1. The summed E-state index contributed by atoms with van der Waals surface area (Å²) in [5.41, 5.74) is 5.23. The zero-order chi connectivity index (χ0) is 14.1. The topological polar surface area (TPSA) is 113 Å². The van der Waals surface area contributed by atoms with Crippen LogP contribution in [0.1, 0.15) is 0 Å².